The monoisotopic (exact) mass is 300 g/mol. The maximum atomic E-state index is 11.9. The minimum absolute atomic E-state index is 0.183. The van der Waals surface area contributed by atoms with E-state index in [1.165, 1.54) is 26.2 Å². The minimum Gasteiger partial charge on any atom is -0.480 e. The van der Waals surface area contributed by atoms with Crippen molar-refractivity contribution in [3.63, 3.8) is 0 Å². The second-order valence-electron chi connectivity index (χ2n) is 4.80. The van der Waals surface area contributed by atoms with E-state index in [0.717, 1.165) is 9.87 Å². The van der Waals surface area contributed by atoms with Gasteiger partial charge in [-0.3, -0.25) is 10.1 Å². The lowest BCUT2D eigenvalue weighted by Crippen LogP contribution is -2.35. The van der Waals surface area contributed by atoms with Crippen molar-refractivity contribution in [3.8, 4) is 0 Å². The molecule has 0 aliphatic rings. The van der Waals surface area contributed by atoms with E-state index in [2.05, 4.69) is 5.32 Å². The molecular formula is C13H20N2O4S. The van der Waals surface area contributed by atoms with Crippen LogP contribution < -0.4 is 5.32 Å². The van der Waals surface area contributed by atoms with Crippen LogP contribution in [0.1, 0.15) is 25.5 Å². The highest BCUT2D eigenvalue weighted by atomic mass is 32.2. The normalized spacial score (nSPS) is 15.1. The van der Waals surface area contributed by atoms with Crippen LogP contribution in [-0.2, 0) is 14.8 Å². The third kappa shape index (κ3) is 3.78. The molecule has 6 nitrogen and oxygen atoms in total. The van der Waals surface area contributed by atoms with Gasteiger partial charge in [-0.05, 0) is 31.5 Å². The van der Waals surface area contributed by atoms with Crippen molar-refractivity contribution in [3.05, 3.63) is 29.8 Å². The van der Waals surface area contributed by atoms with Crippen molar-refractivity contribution >= 4 is 16.0 Å². The average molecular weight is 300 g/mol. The third-order valence-electron chi connectivity index (χ3n) is 3.03. The zero-order chi connectivity index (χ0) is 15.5. The molecule has 0 aromatic heterocycles. The zero-order valence-electron chi connectivity index (χ0n) is 12.0. The highest BCUT2D eigenvalue weighted by molar-refractivity contribution is 7.89. The molecule has 0 amide bonds. The second kappa shape index (κ2) is 6.34. The number of benzene rings is 1. The van der Waals surface area contributed by atoms with E-state index in [4.69, 9.17) is 5.11 Å². The Bertz CT molecular complexity index is 567. The predicted molar refractivity (Wildman–Crippen MR) is 76.0 cm³/mol. The minimum atomic E-state index is -3.44. The highest BCUT2D eigenvalue weighted by Gasteiger charge is 2.18. The van der Waals surface area contributed by atoms with E-state index in [9.17, 15) is 13.2 Å². The number of nitrogens with zero attached hydrogens (tertiary/aromatic N) is 1. The maximum Gasteiger partial charge on any atom is 0.320 e. The van der Waals surface area contributed by atoms with Gasteiger partial charge in [0.05, 0.1) is 4.90 Å². The molecule has 0 radical (unpaired) electrons. The Morgan fingerprint density at radius 3 is 2.10 bits per heavy atom. The van der Waals surface area contributed by atoms with Crippen LogP contribution in [0.5, 0.6) is 0 Å². The van der Waals surface area contributed by atoms with Crippen molar-refractivity contribution in [2.24, 2.45) is 0 Å². The lowest BCUT2D eigenvalue weighted by atomic mass is 10.1. The molecule has 1 rings (SSSR count). The molecule has 20 heavy (non-hydrogen) atoms. The van der Waals surface area contributed by atoms with Gasteiger partial charge in [-0.15, -0.1) is 0 Å². The van der Waals surface area contributed by atoms with Crippen LogP contribution in [-0.4, -0.2) is 43.9 Å². The molecule has 0 bridgehead atoms. The van der Waals surface area contributed by atoms with Crippen LogP contribution in [0.25, 0.3) is 0 Å². The van der Waals surface area contributed by atoms with Crippen LogP contribution in [0.4, 0.5) is 0 Å². The Morgan fingerprint density at radius 2 is 1.70 bits per heavy atom. The molecule has 1 aromatic rings. The first-order valence-electron chi connectivity index (χ1n) is 6.17. The van der Waals surface area contributed by atoms with Crippen molar-refractivity contribution in [2.75, 3.05) is 14.1 Å². The van der Waals surface area contributed by atoms with E-state index in [1.807, 2.05) is 6.92 Å². The van der Waals surface area contributed by atoms with Gasteiger partial charge in [0.1, 0.15) is 6.04 Å². The number of rotatable bonds is 6. The third-order valence-corrected chi connectivity index (χ3v) is 4.86. The number of sulfonamides is 1. The van der Waals surface area contributed by atoms with Crippen LogP contribution in [0.3, 0.4) is 0 Å². The molecule has 0 saturated heterocycles. The molecular weight excluding hydrogens is 280 g/mol. The Morgan fingerprint density at radius 1 is 1.20 bits per heavy atom. The summed E-state index contributed by atoms with van der Waals surface area (Å²) in [5.74, 6) is -0.927. The summed E-state index contributed by atoms with van der Waals surface area (Å²) in [6.07, 6.45) is 0. The van der Waals surface area contributed by atoms with Crippen LogP contribution in [0.15, 0.2) is 29.2 Å². The van der Waals surface area contributed by atoms with Gasteiger partial charge in [0, 0.05) is 20.1 Å². The Hall–Kier alpha value is -1.44. The fraction of sp³-hybridized carbons (Fsp3) is 0.462. The Labute approximate surface area is 119 Å². The number of hydrogen-bond donors (Lipinski definition) is 2. The summed E-state index contributed by atoms with van der Waals surface area (Å²) >= 11 is 0. The number of hydrogen-bond acceptors (Lipinski definition) is 4. The molecule has 1 aromatic carbocycles. The van der Waals surface area contributed by atoms with E-state index < -0.39 is 22.0 Å². The molecule has 2 atom stereocenters. The van der Waals surface area contributed by atoms with Crippen molar-refractivity contribution in [2.45, 2.75) is 30.8 Å². The summed E-state index contributed by atoms with van der Waals surface area (Å²) < 4.78 is 25.0. The van der Waals surface area contributed by atoms with Gasteiger partial charge < -0.3 is 5.11 Å². The van der Waals surface area contributed by atoms with E-state index in [-0.39, 0.29) is 10.9 Å². The molecule has 112 valence electrons. The quantitative estimate of drug-likeness (QED) is 0.820. The Kier molecular flexibility index (Phi) is 5.27. The van der Waals surface area contributed by atoms with Gasteiger partial charge in [-0.2, -0.15) is 0 Å². The summed E-state index contributed by atoms with van der Waals surface area (Å²) in [7, 11) is -0.489. The first-order chi connectivity index (χ1) is 9.16. The summed E-state index contributed by atoms with van der Waals surface area (Å²) in [5.41, 5.74) is 0.829. The molecule has 0 aliphatic carbocycles. The molecule has 2 unspecified atom stereocenters. The van der Waals surface area contributed by atoms with Crippen LogP contribution >= 0.6 is 0 Å². The van der Waals surface area contributed by atoms with Gasteiger partial charge in [0.25, 0.3) is 0 Å². The summed E-state index contributed by atoms with van der Waals surface area (Å²) in [4.78, 5) is 11.0. The fourth-order valence-corrected chi connectivity index (χ4v) is 2.58. The lowest BCUT2D eigenvalue weighted by Gasteiger charge is -2.18. The molecule has 7 heteroatoms. The number of carboxylic acid groups (broad SMARTS) is 1. The Balaban J connectivity index is 2.89. The lowest BCUT2D eigenvalue weighted by molar-refractivity contribution is -0.139. The number of aliphatic carboxylic acids is 1. The van der Waals surface area contributed by atoms with E-state index in [1.54, 1.807) is 19.1 Å². The average Bonchev–Trinajstić information content (AvgIpc) is 2.38. The summed E-state index contributed by atoms with van der Waals surface area (Å²) in [6, 6.07) is 5.56. The van der Waals surface area contributed by atoms with Crippen molar-refractivity contribution in [1.29, 1.82) is 0 Å². The fourth-order valence-electron chi connectivity index (χ4n) is 1.68. The molecule has 0 heterocycles. The SMILES string of the molecule is CC(NC(C)c1ccc(S(=O)(=O)N(C)C)cc1)C(=O)O. The zero-order valence-corrected chi connectivity index (χ0v) is 12.8. The van der Waals surface area contributed by atoms with E-state index >= 15 is 0 Å². The number of carboxylic acids is 1. The van der Waals surface area contributed by atoms with Crippen LogP contribution in [0.2, 0.25) is 0 Å². The van der Waals surface area contributed by atoms with Gasteiger partial charge in [0.2, 0.25) is 10.0 Å². The smallest absolute Gasteiger partial charge is 0.320 e. The maximum absolute atomic E-state index is 11.9. The van der Waals surface area contributed by atoms with Gasteiger partial charge >= 0.3 is 5.97 Å². The number of carbonyl (C=O) groups is 1. The standard InChI is InChI=1S/C13H20N2O4S/c1-9(14-10(2)13(16)17)11-5-7-12(8-6-11)20(18,19)15(3)4/h5-10,14H,1-4H3,(H,16,17). The predicted octanol–water partition coefficient (Wildman–Crippen LogP) is 1.06. The second-order valence-corrected chi connectivity index (χ2v) is 6.96. The topological polar surface area (TPSA) is 86.7 Å². The first-order valence-corrected chi connectivity index (χ1v) is 7.61. The summed E-state index contributed by atoms with van der Waals surface area (Å²) in [6.45, 7) is 3.39. The summed E-state index contributed by atoms with van der Waals surface area (Å²) in [5, 5.41) is 11.8. The molecule has 2 N–H and O–H groups in total. The van der Waals surface area contributed by atoms with Crippen molar-refractivity contribution < 1.29 is 18.3 Å². The van der Waals surface area contributed by atoms with Gasteiger partial charge in [0.15, 0.2) is 0 Å². The largest absolute Gasteiger partial charge is 0.480 e. The van der Waals surface area contributed by atoms with Crippen LogP contribution in [0, 0.1) is 0 Å². The highest BCUT2D eigenvalue weighted by Crippen LogP contribution is 2.18. The molecule has 0 saturated carbocycles. The van der Waals surface area contributed by atoms with Gasteiger partial charge in [-0.1, -0.05) is 12.1 Å². The first kappa shape index (κ1) is 16.6. The number of nitrogens with one attached hydrogen (secondary N) is 1. The molecule has 0 aliphatic heterocycles. The molecule has 0 fully saturated rings. The van der Waals surface area contributed by atoms with E-state index in [0.29, 0.717) is 0 Å². The van der Waals surface area contributed by atoms with Gasteiger partial charge in [-0.25, -0.2) is 12.7 Å². The molecule has 0 spiro atoms. The van der Waals surface area contributed by atoms with Crippen molar-refractivity contribution in [1.82, 2.24) is 9.62 Å².